The first kappa shape index (κ1) is 16.5. The van der Waals surface area contributed by atoms with Crippen molar-refractivity contribution in [1.29, 1.82) is 0 Å². The maximum Gasteiger partial charge on any atom is 0.341 e. The fourth-order valence-electron chi connectivity index (χ4n) is 2.00. The van der Waals surface area contributed by atoms with Gasteiger partial charge in [0.25, 0.3) is 0 Å². The average Bonchev–Trinajstić information content (AvgIpc) is 2.49. The molecule has 0 unspecified atom stereocenters. The summed E-state index contributed by atoms with van der Waals surface area (Å²) in [6.07, 6.45) is 0.775. The second-order valence-corrected chi connectivity index (χ2v) is 5.39. The van der Waals surface area contributed by atoms with Gasteiger partial charge in [-0.05, 0) is 37.1 Å². The monoisotopic (exact) mass is 340 g/mol. The minimum Gasteiger partial charge on any atom is -0.480 e. The van der Waals surface area contributed by atoms with Gasteiger partial charge in [0.2, 0.25) is 0 Å². The Labute approximate surface area is 137 Å². The van der Waals surface area contributed by atoms with Gasteiger partial charge < -0.3 is 9.84 Å². The van der Waals surface area contributed by atoms with E-state index in [4.69, 9.17) is 33.0 Å². The molecule has 22 heavy (non-hydrogen) atoms. The molecule has 0 saturated carbocycles. The Bertz CT molecular complexity index is 720. The van der Waals surface area contributed by atoms with Crippen LogP contribution >= 0.6 is 23.2 Å². The minimum absolute atomic E-state index is 0.157. The van der Waals surface area contributed by atoms with Gasteiger partial charge in [0.05, 0.1) is 16.4 Å². The molecule has 0 aliphatic rings. The first-order valence-electron chi connectivity index (χ1n) is 6.60. The molecule has 0 aliphatic carbocycles. The van der Waals surface area contributed by atoms with E-state index in [1.165, 1.54) is 0 Å². The molecule has 2 rings (SSSR count). The summed E-state index contributed by atoms with van der Waals surface area (Å²) in [5.41, 5.74) is 3.12. The summed E-state index contributed by atoms with van der Waals surface area (Å²) < 4.78 is 5.09. The standard InChI is InChI=1S/C15H14Cl2N2O3/c1-3-9-6-8(2)18-19-15(9)10-4-5-11(14(17)13(10)16)22-7-12(20)21/h4-6H,3,7H2,1-2H3,(H,20,21). The number of nitrogens with zero attached hydrogens (tertiary/aromatic N) is 2. The van der Waals surface area contributed by atoms with Crippen LogP contribution < -0.4 is 4.74 Å². The van der Waals surface area contributed by atoms with E-state index in [1.54, 1.807) is 12.1 Å². The SMILES string of the molecule is CCc1cc(C)nnc1-c1ccc(OCC(=O)O)c(Cl)c1Cl. The van der Waals surface area contributed by atoms with E-state index in [0.717, 1.165) is 17.7 Å². The van der Waals surface area contributed by atoms with Gasteiger partial charge in [0.15, 0.2) is 6.61 Å². The van der Waals surface area contributed by atoms with E-state index in [1.807, 2.05) is 19.9 Å². The third kappa shape index (κ3) is 3.48. The molecule has 0 fully saturated rings. The van der Waals surface area contributed by atoms with Crippen LogP contribution in [0.15, 0.2) is 18.2 Å². The number of hydrogen-bond donors (Lipinski definition) is 1. The predicted molar refractivity (Wildman–Crippen MR) is 84.7 cm³/mol. The Morgan fingerprint density at radius 1 is 1.27 bits per heavy atom. The molecule has 7 heteroatoms. The van der Waals surface area contributed by atoms with Crippen LogP contribution in [0.25, 0.3) is 11.3 Å². The third-order valence-electron chi connectivity index (χ3n) is 3.03. The molecule has 0 spiro atoms. The van der Waals surface area contributed by atoms with E-state index in [9.17, 15) is 4.79 Å². The molecule has 0 aliphatic heterocycles. The summed E-state index contributed by atoms with van der Waals surface area (Å²) in [5.74, 6) is -0.870. The summed E-state index contributed by atoms with van der Waals surface area (Å²) in [6, 6.07) is 5.22. The second-order valence-electron chi connectivity index (χ2n) is 4.63. The topological polar surface area (TPSA) is 72.3 Å². The third-order valence-corrected chi connectivity index (χ3v) is 3.89. The van der Waals surface area contributed by atoms with Gasteiger partial charge in [-0.25, -0.2) is 4.79 Å². The van der Waals surface area contributed by atoms with Crippen LogP contribution in [0.3, 0.4) is 0 Å². The van der Waals surface area contributed by atoms with Crippen molar-refractivity contribution in [2.24, 2.45) is 0 Å². The van der Waals surface area contributed by atoms with Crippen molar-refractivity contribution in [3.05, 3.63) is 39.5 Å². The van der Waals surface area contributed by atoms with Crippen molar-refractivity contribution in [3.63, 3.8) is 0 Å². The lowest BCUT2D eigenvalue weighted by Gasteiger charge is -2.12. The molecule has 0 atom stereocenters. The summed E-state index contributed by atoms with van der Waals surface area (Å²) >= 11 is 12.5. The van der Waals surface area contributed by atoms with Gasteiger partial charge in [-0.2, -0.15) is 5.10 Å². The van der Waals surface area contributed by atoms with Gasteiger partial charge in [-0.15, -0.1) is 5.10 Å². The quantitative estimate of drug-likeness (QED) is 0.896. The first-order valence-corrected chi connectivity index (χ1v) is 7.35. The maximum atomic E-state index is 10.6. The highest BCUT2D eigenvalue weighted by atomic mass is 35.5. The zero-order valence-electron chi connectivity index (χ0n) is 12.1. The molecule has 0 saturated heterocycles. The number of aliphatic carboxylic acids is 1. The number of carboxylic acid groups (broad SMARTS) is 1. The molecule has 5 nitrogen and oxygen atoms in total. The van der Waals surface area contributed by atoms with Crippen molar-refractivity contribution < 1.29 is 14.6 Å². The van der Waals surface area contributed by atoms with Gasteiger partial charge >= 0.3 is 5.97 Å². The Hall–Kier alpha value is -1.85. The molecular weight excluding hydrogens is 327 g/mol. The zero-order chi connectivity index (χ0) is 16.3. The Morgan fingerprint density at radius 3 is 2.64 bits per heavy atom. The number of aryl methyl sites for hydroxylation is 2. The van der Waals surface area contributed by atoms with Crippen molar-refractivity contribution in [2.75, 3.05) is 6.61 Å². The van der Waals surface area contributed by atoms with Crippen LogP contribution in [0.2, 0.25) is 10.0 Å². The zero-order valence-corrected chi connectivity index (χ0v) is 13.6. The molecule has 1 heterocycles. The fourth-order valence-corrected chi connectivity index (χ4v) is 2.47. The van der Waals surface area contributed by atoms with Crippen molar-refractivity contribution >= 4 is 29.2 Å². The molecule has 1 aromatic heterocycles. The highest BCUT2D eigenvalue weighted by molar-refractivity contribution is 6.44. The fraction of sp³-hybridized carbons (Fsp3) is 0.267. The Kier molecular flexibility index (Phi) is 5.21. The average molecular weight is 341 g/mol. The van der Waals surface area contributed by atoms with Crippen LogP contribution in [-0.4, -0.2) is 27.9 Å². The minimum atomic E-state index is -1.09. The number of hydrogen-bond acceptors (Lipinski definition) is 4. The maximum absolute atomic E-state index is 10.6. The van der Waals surface area contributed by atoms with Crippen molar-refractivity contribution in [1.82, 2.24) is 10.2 Å². The van der Waals surface area contributed by atoms with Gasteiger partial charge in [0.1, 0.15) is 10.8 Å². The van der Waals surface area contributed by atoms with Gasteiger partial charge in [-0.3, -0.25) is 0 Å². The van der Waals surface area contributed by atoms with E-state index in [2.05, 4.69) is 10.2 Å². The lowest BCUT2D eigenvalue weighted by molar-refractivity contribution is -0.139. The highest BCUT2D eigenvalue weighted by Crippen LogP contribution is 2.39. The molecule has 0 amide bonds. The smallest absolute Gasteiger partial charge is 0.341 e. The van der Waals surface area contributed by atoms with E-state index in [-0.39, 0.29) is 15.8 Å². The number of benzene rings is 1. The van der Waals surface area contributed by atoms with Crippen molar-refractivity contribution in [2.45, 2.75) is 20.3 Å². The highest BCUT2D eigenvalue weighted by Gasteiger charge is 2.17. The van der Waals surface area contributed by atoms with Crippen LogP contribution in [0.1, 0.15) is 18.2 Å². The molecule has 0 bridgehead atoms. The molecule has 2 aromatic rings. The van der Waals surface area contributed by atoms with E-state index < -0.39 is 12.6 Å². The first-order chi connectivity index (χ1) is 10.4. The number of carbonyl (C=O) groups is 1. The molecule has 0 radical (unpaired) electrons. The number of aromatic nitrogens is 2. The van der Waals surface area contributed by atoms with Crippen LogP contribution in [0.5, 0.6) is 5.75 Å². The lowest BCUT2D eigenvalue weighted by Crippen LogP contribution is -2.09. The predicted octanol–water partition coefficient (Wildman–Crippen LogP) is 3.78. The summed E-state index contributed by atoms with van der Waals surface area (Å²) in [5, 5.41) is 17.3. The summed E-state index contributed by atoms with van der Waals surface area (Å²) in [6.45, 7) is 3.40. The van der Waals surface area contributed by atoms with Gasteiger partial charge in [0, 0.05) is 5.56 Å². The Morgan fingerprint density at radius 2 is 2.00 bits per heavy atom. The second kappa shape index (κ2) is 6.94. The van der Waals surface area contributed by atoms with E-state index in [0.29, 0.717) is 11.3 Å². The molecule has 1 N–H and O–H groups in total. The largest absolute Gasteiger partial charge is 0.480 e. The van der Waals surface area contributed by atoms with E-state index >= 15 is 0 Å². The summed E-state index contributed by atoms with van der Waals surface area (Å²) in [4.78, 5) is 10.6. The van der Waals surface area contributed by atoms with Crippen LogP contribution in [-0.2, 0) is 11.2 Å². The number of rotatable bonds is 5. The van der Waals surface area contributed by atoms with Crippen molar-refractivity contribution in [3.8, 4) is 17.0 Å². The lowest BCUT2D eigenvalue weighted by atomic mass is 10.0. The normalized spacial score (nSPS) is 10.5. The molecule has 1 aromatic carbocycles. The number of ether oxygens (including phenoxy) is 1. The summed E-state index contributed by atoms with van der Waals surface area (Å²) in [7, 11) is 0. The molecular formula is C15H14Cl2N2O3. The number of carboxylic acids is 1. The van der Waals surface area contributed by atoms with Crippen LogP contribution in [0, 0.1) is 6.92 Å². The van der Waals surface area contributed by atoms with Crippen LogP contribution in [0.4, 0.5) is 0 Å². The molecule has 116 valence electrons. The Balaban J connectivity index is 2.45. The van der Waals surface area contributed by atoms with Gasteiger partial charge in [-0.1, -0.05) is 30.1 Å². The number of halogens is 2.